The first-order valence-electron chi connectivity index (χ1n) is 7.04. The van der Waals surface area contributed by atoms with Crippen LogP contribution in [0.25, 0.3) is 0 Å². The number of hydrogen-bond donors (Lipinski definition) is 1. The maximum absolute atomic E-state index is 9.40. The van der Waals surface area contributed by atoms with Crippen LogP contribution in [0.1, 0.15) is 72.6 Å². The third-order valence-corrected chi connectivity index (χ3v) is 3.75. The second kappa shape index (κ2) is 5.87. The first-order valence-corrected chi connectivity index (χ1v) is 7.04. The fourth-order valence-electron chi connectivity index (χ4n) is 2.48. The van der Waals surface area contributed by atoms with Crippen molar-refractivity contribution in [2.45, 2.75) is 84.2 Å². The summed E-state index contributed by atoms with van der Waals surface area (Å²) < 4.78 is 0. The highest BCUT2D eigenvalue weighted by Gasteiger charge is 2.29. The van der Waals surface area contributed by atoms with Crippen LogP contribution in [0.3, 0.4) is 0 Å². The van der Waals surface area contributed by atoms with E-state index in [1.807, 2.05) is 0 Å². The highest BCUT2D eigenvalue weighted by Crippen LogP contribution is 2.27. The topological polar surface area (TPSA) is 35.8 Å². The fourth-order valence-corrected chi connectivity index (χ4v) is 2.48. The van der Waals surface area contributed by atoms with Gasteiger partial charge in [0, 0.05) is 6.04 Å². The highest BCUT2D eigenvalue weighted by atomic mass is 15.0. The zero-order chi connectivity index (χ0) is 12.9. The van der Waals surface area contributed by atoms with Crippen molar-refractivity contribution < 1.29 is 0 Å². The SMILES string of the molecule is CC(C)(C)CCC(C)(C#N)NC1CCCCC1. The molecule has 2 nitrogen and oxygen atoms in total. The third kappa shape index (κ3) is 5.55. The van der Waals surface area contributed by atoms with Crippen molar-refractivity contribution in [2.24, 2.45) is 5.41 Å². The molecule has 1 fully saturated rings. The molecule has 0 bridgehead atoms. The Labute approximate surface area is 107 Å². The van der Waals surface area contributed by atoms with E-state index in [2.05, 4.69) is 39.1 Å². The van der Waals surface area contributed by atoms with Crippen molar-refractivity contribution in [1.29, 1.82) is 5.26 Å². The summed E-state index contributed by atoms with van der Waals surface area (Å²) in [7, 11) is 0. The summed E-state index contributed by atoms with van der Waals surface area (Å²) in [6.45, 7) is 8.79. The number of nitrogens with zero attached hydrogens (tertiary/aromatic N) is 1. The predicted molar refractivity (Wildman–Crippen MR) is 72.7 cm³/mol. The molecule has 1 aliphatic carbocycles. The van der Waals surface area contributed by atoms with Crippen LogP contribution >= 0.6 is 0 Å². The highest BCUT2D eigenvalue weighted by molar-refractivity contribution is 5.05. The van der Waals surface area contributed by atoms with Gasteiger partial charge in [-0.3, -0.25) is 5.32 Å². The summed E-state index contributed by atoms with van der Waals surface area (Å²) in [5.74, 6) is 0. The second-order valence-corrected chi connectivity index (χ2v) is 6.98. The maximum Gasteiger partial charge on any atom is 0.104 e. The number of nitrogens with one attached hydrogen (secondary N) is 1. The van der Waals surface area contributed by atoms with Gasteiger partial charge in [-0.05, 0) is 38.0 Å². The van der Waals surface area contributed by atoms with Gasteiger partial charge in [0.2, 0.25) is 0 Å². The zero-order valence-corrected chi connectivity index (χ0v) is 12.0. The van der Waals surface area contributed by atoms with Crippen molar-refractivity contribution in [3.63, 3.8) is 0 Å². The molecule has 0 aliphatic heterocycles. The van der Waals surface area contributed by atoms with Crippen LogP contribution in [0.4, 0.5) is 0 Å². The predicted octanol–water partition coefficient (Wildman–Crippen LogP) is 4.02. The lowest BCUT2D eigenvalue weighted by atomic mass is 9.83. The van der Waals surface area contributed by atoms with Crippen molar-refractivity contribution in [1.82, 2.24) is 5.32 Å². The van der Waals surface area contributed by atoms with E-state index in [4.69, 9.17) is 0 Å². The molecule has 2 heteroatoms. The number of nitriles is 1. The van der Waals surface area contributed by atoms with Crippen molar-refractivity contribution in [3.8, 4) is 6.07 Å². The van der Waals surface area contributed by atoms with E-state index in [0.717, 1.165) is 12.8 Å². The molecule has 0 saturated heterocycles. The minimum absolute atomic E-state index is 0.312. The average Bonchev–Trinajstić information content (AvgIpc) is 2.27. The third-order valence-electron chi connectivity index (χ3n) is 3.75. The van der Waals surface area contributed by atoms with Crippen LogP contribution < -0.4 is 5.32 Å². The van der Waals surface area contributed by atoms with Crippen molar-refractivity contribution in [2.75, 3.05) is 0 Å². The van der Waals surface area contributed by atoms with Crippen LogP contribution in [-0.2, 0) is 0 Å². The molecule has 0 heterocycles. The maximum atomic E-state index is 9.40. The van der Waals surface area contributed by atoms with Crippen LogP contribution in [0.2, 0.25) is 0 Å². The number of rotatable bonds is 4. The van der Waals surface area contributed by atoms with E-state index in [1.165, 1.54) is 32.1 Å². The van der Waals surface area contributed by atoms with Gasteiger partial charge in [0.25, 0.3) is 0 Å². The minimum Gasteiger partial charge on any atom is -0.297 e. The molecular weight excluding hydrogens is 208 g/mol. The normalized spacial score (nSPS) is 21.8. The Kier molecular flexibility index (Phi) is 5.01. The Morgan fingerprint density at radius 1 is 1.06 bits per heavy atom. The molecule has 1 unspecified atom stereocenters. The van der Waals surface area contributed by atoms with Gasteiger partial charge in [0.1, 0.15) is 5.54 Å². The first kappa shape index (κ1) is 14.5. The smallest absolute Gasteiger partial charge is 0.104 e. The van der Waals surface area contributed by atoms with Crippen molar-refractivity contribution in [3.05, 3.63) is 0 Å². The fraction of sp³-hybridized carbons (Fsp3) is 0.933. The molecule has 17 heavy (non-hydrogen) atoms. The molecule has 0 amide bonds. The molecular formula is C15H28N2. The van der Waals surface area contributed by atoms with E-state index in [-0.39, 0.29) is 5.54 Å². The van der Waals surface area contributed by atoms with E-state index in [9.17, 15) is 5.26 Å². The molecule has 98 valence electrons. The van der Waals surface area contributed by atoms with Gasteiger partial charge < -0.3 is 0 Å². The summed E-state index contributed by atoms with van der Waals surface area (Å²) in [6.07, 6.45) is 8.53. The molecule has 1 aliphatic rings. The Balaban J connectivity index is 2.47. The number of hydrogen-bond acceptors (Lipinski definition) is 2. The second-order valence-electron chi connectivity index (χ2n) is 6.98. The zero-order valence-electron chi connectivity index (χ0n) is 12.0. The van der Waals surface area contributed by atoms with E-state index in [1.54, 1.807) is 0 Å². The van der Waals surface area contributed by atoms with E-state index in [0.29, 0.717) is 11.5 Å². The van der Waals surface area contributed by atoms with Gasteiger partial charge in [-0.25, -0.2) is 0 Å². The Hall–Kier alpha value is -0.550. The Morgan fingerprint density at radius 2 is 1.65 bits per heavy atom. The standard InChI is InChI=1S/C15H28N2/c1-14(2,3)10-11-15(4,12-16)17-13-8-6-5-7-9-13/h13,17H,5-11H2,1-4H3. The van der Waals surface area contributed by atoms with Gasteiger partial charge >= 0.3 is 0 Å². The van der Waals surface area contributed by atoms with Gasteiger partial charge in [0.15, 0.2) is 0 Å². The molecule has 0 radical (unpaired) electrons. The molecule has 0 aromatic heterocycles. The summed E-state index contributed by atoms with van der Waals surface area (Å²) in [5, 5.41) is 13.0. The molecule has 1 rings (SSSR count). The van der Waals surface area contributed by atoms with Crippen LogP contribution in [0.15, 0.2) is 0 Å². The molecule has 1 N–H and O–H groups in total. The molecule has 1 atom stereocenters. The quantitative estimate of drug-likeness (QED) is 0.800. The van der Waals surface area contributed by atoms with Gasteiger partial charge in [0.05, 0.1) is 6.07 Å². The van der Waals surface area contributed by atoms with E-state index < -0.39 is 0 Å². The lowest BCUT2D eigenvalue weighted by molar-refractivity contribution is 0.260. The molecule has 1 saturated carbocycles. The summed E-state index contributed by atoms with van der Waals surface area (Å²) in [4.78, 5) is 0. The van der Waals surface area contributed by atoms with Crippen LogP contribution in [0, 0.1) is 16.7 Å². The summed E-state index contributed by atoms with van der Waals surface area (Å²) in [5.41, 5.74) is -0.0261. The lowest BCUT2D eigenvalue weighted by Crippen LogP contribution is -2.48. The van der Waals surface area contributed by atoms with E-state index >= 15 is 0 Å². The van der Waals surface area contributed by atoms with Crippen LogP contribution in [-0.4, -0.2) is 11.6 Å². The van der Waals surface area contributed by atoms with Crippen molar-refractivity contribution >= 4 is 0 Å². The van der Waals surface area contributed by atoms with Crippen LogP contribution in [0.5, 0.6) is 0 Å². The minimum atomic E-state index is -0.338. The Bertz CT molecular complexity index is 266. The average molecular weight is 236 g/mol. The monoisotopic (exact) mass is 236 g/mol. The van der Waals surface area contributed by atoms with Gasteiger partial charge in [-0.15, -0.1) is 0 Å². The van der Waals surface area contributed by atoms with Gasteiger partial charge in [-0.1, -0.05) is 40.0 Å². The Morgan fingerprint density at radius 3 is 2.12 bits per heavy atom. The van der Waals surface area contributed by atoms with Gasteiger partial charge in [-0.2, -0.15) is 5.26 Å². The first-order chi connectivity index (χ1) is 7.85. The largest absolute Gasteiger partial charge is 0.297 e. The molecule has 0 aromatic carbocycles. The summed E-state index contributed by atoms with van der Waals surface area (Å²) >= 11 is 0. The summed E-state index contributed by atoms with van der Waals surface area (Å²) in [6, 6.07) is 3.05. The molecule has 0 spiro atoms. The molecule has 0 aromatic rings. The lowest BCUT2D eigenvalue weighted by Gasteiger charge is -2.33.